The van der Waals surface area contributed by atoms with Crippen molar-refractivity contribution in [2.75, 3.05) is 0 Å². The molecular weight excluding hydrogens is 216 g/mol. The van der Waals surface area contributed by atoms with Gasteiger partial charge in [0, 0.05) is 5.56 Å². The number of hydrogen-bond acceptors (Lipinski definition) is 3. The Hall–Kier alpha value is -1.29. The van der Waals surface area contributed by atoms with Crippen molar-refractivity contribution in [3.63, 3.8) is 0 Å². The number of furan rings is 1. The second-order valence-electron chi connectivity index (χ2n) is 4.49. The summed E-state index contributed by atoms with van der Waals surface area (Å²) in [4.78, 5) is 11.8. The van der Waals surface area contributed by atoms with Crippen LogP contribution in [0.15, 0.2) is 10.5 Å². The van der Waals surface area contributed by atoms with Crippen molar-refractivity contribution < 1.29 is 9.21 Å². The Morgan fingerprint density at radius 1 is 1.53 bits per heavy atom. The first-order chi connectivity index (χ1) is 7.95. The molecule has 1 heterocycles. The van der Waals surface area contributed by atoms with Gasteiger partial charge >= 0.3 is 0 Å². The van der Waals surface area contributed by atoms with Gasteiger partial charge in [0.05, 0.1) is 12.1 Å². The van der Waals surface area contributed by atoms with E-state index in [-0.39, 0.29) is 11.9 Å². The molecule has 0 spiro atoms. The lowest BCUT2D eigenvalue weighted by atomic mass is 10.1. The quantitative estimate of drug-likeness (QED) is 0.826. The molecule has 0 radical (unpaired) electrons. The maximum absolute atomic E-state index is 11.8. The molecule has 0 bridgehead atoms. The van der Waals surface area contributed by atoms with Crippen molar-refractivity contribution >= 4 is 5.91 Å². The van der Waals surface area contributed by atoms with Crippen LogP contribution in [-0.2, 0) is 4.79 Å². The fraction of sp³-hybridized carbons (Fsp3) is 0.615. The molecule has 0 aromatic carbocycles. The minimum Gasteiger partial charge on any atom is -0.466 e. The molecule has 0 fully saturated rings. The van der Waals surface area contributed by atoms with Gasteiger partial charge in [-0.15, -0.1) is 0 Å². The largest absolute Gasteiger partial charge is 0.466 e. The number of nitrogens with one attached hydrogen (secondary N) is 1. The average molecular weight is 238 g/mol. The molecule has 0 saturated heterocycles. The van der Waals surface area contributed by atoms with Gasteiger partial charge in [0.25, 0.3) is 0 Å². The molecular formula is C13H22N2O2. The van der Waals surface area contributed by atoms with Gasteiger partial charge in [0.1, 0.15) is 11.5 Å². The molecule has 1 aromatic heterocycles. The van der Waals surface area contributed by atoms with E-state index in [2.05, 4.69) is 5.32 Å². The third-order valence-electron chi connectivity index (χ3n) is 2.84. The fourth-order valence-electron chi connectivity index (χ4n) is 1.92. The molecule has 0 aliphatic rings. The first kappa shape index (κ1) is 13.8. The van der Waals surface area contributed by atoms with Gasteiger partial charge in [-0.25, -0.2) is 0 Å². The maximum Gasteiger partial charge on any atom is 0.237 e. The Labute approximate surface area is 103 Å². The summed E-state index contributed by atoms with van der Waals surface area (Å²) in [7, 11) is 0. The second kappa shape index (κ2) is 5.87. The van der Waals surface area contributed by atoms with Gasteiger partial charge < -0.3 is 15.5 Å². The highest BCUT2D eigenvalue weighted by molar-refractivity contribution is 5.81. The Morgan fingerprint density at radius 2 is 2.18 bits per heavy atom. The summed E-state index contributed by atoms with van der Waals surface area (Å²) in [5.74, 6) is 1.61. The molecule has 4 nitrogen and oxygen atoms in total. The average Bonchev–Trinajstić information content (AvgIpc) is 2.58. The van der Waals surface area contributed by atoms with E-state index in [9.17, 15) is 4.79 Å². The van der Waals surface area contributed by atoms with E-state index in [1.807, 2.05) is 33.8 Å². The van der Waals surface area contributed by atoms with Crippen LogP contribution in [0.2, 0.25) is 0 Å². The molecule has 1 unspecified atom stereocenters. The molecule has 2 atom stereocenters. The van der Waals surface area contributed by atoms with E-state index in [0.717, 1.165) is 23.5 Å². The number of carbonyl (C=O) groups excluding carboxylic acids is 1. The third kappa shape index (κ3) is 3.60. The van der Waals surface area contributed by atoms with E-state index >= 15 is 0 Å². The van der Waals surface area contributed by atoms with Crippen LogP contribution < -0.4 is 11.1 Å². The van der Waals surface area contributed by atoms with Crippen LogP contribution in [0.3, 0.4) is 0 Å². The Kier molecular flexibility index (Phi) is 4.75. The lowest BCUT2D eigenvalue weighted by molar-refractivity contribution is -0.123. The maximum atomic E-state index is 11.8. The molecule has 1 aromatic rings. The number of hydrogen-bond donors (Lipinski definition) is 2. The van der Waals surface area contributed by atoms with E-state index in [1.54, 1.807) is 0 Å². The zero-order chi connectivity index (χ0) is 13.0. The van der Waals surface area contributed by atoms with E-state index in [4.69, 9.17) is 10.2 Å². The number of nitrogens with two attached hydrogens (primary N) is 1. The number of aryl methyl sites for hydroxylation is 2. The smallest absolute Gasteiger partial charge is 0.237 e. The van der Waals surface area contributed by atoms with Crippen molar-refractivity contribution in [3.8, 4) is 0 Å². The summed E-state index contributed by atoms with van der Waals surface area (Å²) in [6, 6.07) is 1.46. The first-order valence-electron chi connectivity index (χ1n) is 6.08. The highest BCUT2D eigenvalue weighted by Gasteiger charge is 2.18. The van der Waals surface area contributed by atoms with Crippen molar-refractivity contribution in [1.82, 2.24) is 5.32 Å². The monoisotopic (exact) mass is 238 g/mol. The third-order valence-corrected chi connectivity index (χ3v) is 2.84. The number of rotatable bonds is 5. The summed E-state index contributed by atoms with van der Waals surface area (Å²) in [6.07, 6.45) is 1.62. The van der Waals surface area contributed by atoms with Crippen molar-refractivity contribution in [2.24, 2.45) is 5.73 Å². The van der Waals surface area contributed by atoms with Crippen LogP contribution in [0.4, 0.5) is 0 Å². The lowest BCUT2D eigenvalue weighted by Gasteiger charge is -2.16. The zero-order valence-electron chi connectivity index (χ0n) is 11.0. The summed E-state index contributed by atoms with van der Waals surface area (Å²) in [5, 5.41) is 2.91. The van der Waals surface area contributed by atoms with Crippen LogP contribution in [0.25, 0.3) is 0 Å². The van der Waals surface area contributed by atoms with E-state index in [0.29, 0.717) is 6.42 Å². The zero-order valence-corrected chi connectivity index (χ0v) is 11.0. The molecule has 3 N–H and O–H groups in total. The van der Waals surface area contributed by atoms with Gasteiger partial charge in [-0.3, -0.25) is 4.79 Å². The molecule has 1 amide bonds. The van der Waals surface area contributed by atoms with Crippen LogP contribution in [0.1, 0.15) is 49.8 Å². The molecule has 0 aliphatic carbocycles. The molecule has 17 heavy (non-hydrogen) atoms. The van der Waals surface area contributed by atoms with Crippen LogP contribution >= 0.6 is 0 Å². The molecule has 0 saturated carbocycles. The molecule has 4 heteroatoms. The summed E-state index contributed by atoms with van der Waals surface area (Å²) in [5.41, 5.74) is 6.78. The SMILES string of the molecule is CCC[C@@H](N)C(=O)NC(C)c1cc(C)oc1C. The Balaban J connectivity index is 2.63. The van der Waals surface area contributed by atoms with Crippen molar-refractivity contribution in [2.45, 2.75) is 52.6 Å². The lowest BCUT2D eigenvalue weighted by Crippen LogP contribution is -2.41. The summed E-state index contributed by atoms with van der Waals surface area (Å²) >= 11 is 0. The Bertz CT molecular complexity index is 385. The normalized spacial score (nSPS) is 14.4. The van der Waals surface area contributed by atoms with Crippen molar-refractivity contribution in [1.29, 1.82) is 0 Å². The van der Waals surface area contributed by atoms with Gasteiger partial charge in [-0.1, -0.05) is 13.3 Å². The predicted octanol–water partition coefficient (Wildman–Crippen LogP) is 2.20. The number of carbonyl (C=O) groups is 1. The predicted molar refractivity (Wildman–Crippen MR) is 67.6 cm³/mol. The standard InChI is InChI=1S/C13H22N2O2/c1-5-6-12(14)13(16)15-9(3)11-7-8(2)17-10(11)4/h7,9,12H,5-6,14H2,1-4H3,(H,15,16)/t9?,12-/m1/s1. The van der Waals surface area contributed by atoms with Gasteiger partial charge in [-0.05, 0) is 33.3 Å². The highest BCUT2D eigenvalue weighted by Crippen LogP contribution is 2.21. The van der Waals surface area contributed by atoms with Crippen molar-refractivity contribution in [3.05, 3.63) is 23.2 Å². The van der Waals surface area contributed by atoms with Gasteiger partial charge in [0.2, 0.25) is 5.91 Å². The Morgan fingerprint density at radius 3 is 2.65 bits per heavy atom. The van der Waals surface area contributed by atoms with Crippen LogP contribution in [0, 0.1) is 13.8 Å². The van der Waals surface area contributed by atoms with E-state index < -0.39 is 6.04 Å². The molecule has 96 valence electrons. The topological polar surface area (TPSA) is 68.3 Å². The first-order valence-corrected chi connectivity index (χ1v) is 6.08. The number of amides is 1. The molecule has 1 rings (SSSR count). The minimum atomic E-state index is -0.421. The van der Waals surface area contributed by atoms with Crippen LogP contribution in [0.5, 0.6) is 0 Å². The van der Waals surface area contributed by atoms with Gasteiger partial charge in [-0.2, -0.15) is 0 Å². The van der Waals surface area contributed by atoms with Crippen LogP contribution in [-0.4, -0.2) is 11.9 Å². The van der Waals surface area contributed by atoms with E-state index in [1.165, 1.54) is 0 Å². The van der Waals surface area contributed by atoms with Gasteiger partial charge in [0.15, 0.2) is 0 Å². The fourth-order valence-corrected chi connectivity index (χ4v) is 1.92. The second-order valence-corrected chi connectivity index (χ2v) is 4.49. The highest BCUT2D eigenvalue weighted by atomic mass is 16.3. The summed E-state index contributed by atoms with van der Waals surface area (Å²) in [6.45, 7) is 7.75. The minimum absolute atomic E-state index is 0.0668. The molecule has 0 aliphatic heterocycles. The summed E-state index contributed by atoms with van der Waals surface area (Å²) < 4.78 is 5.44.